The number of ether oxygens (including phenoxy) is 2. The molecule has 0 radical (unpaired) electrons. The van der Waals surface area contributed by atoms with Crippen LogP contribution in [0.3, 0.4) is 0 Å². The van der Waals surface area contributed by atoms with Crippen molar-refractivity contribution < 1.29 is 14.3 Å². The second-order valence-corrected chi connectivity index (χ2v) is 5.41. The van der Waals surface area contributed by atoms with Crippen LogP contribution in [-0.4, -0.2) is 29.7 Å². The van der Waals surface area contributed by atoms with E-state index >= 15 is 0 Å². The lowest BCUT2D eigenvalue weighted by atomic mass is 10.1. The van der Waals surface area contributed by atoms with Gasteiger partial charge in [0.25, 0.3) is 0 Å². The number of carbonyl (C=O) groups excluding carboxylic acids is 1. The van der Waals surface area contributed by atoms with E-state index in [1.54, 1.807) is 38.3 Å². The average Bonchev–Trinajstić information content (AvgIpc) is 2.69. The molecule has 0 fully saturated rings. The van der Waals surface area contributed by atoms with Crippen LogP contribution in [0.2, 0.25) is 0 Å². The normalized spacial score (nSPS) is 10.2. The first kappa shape index (κ1) is 17.4. The zero-order chi connectivity index (χ0) is 18.4. The monoisotopic (exact) mass is 349 g/mol. The number of nitrogens with one attached hydrogen (secondary N) is 1. The summed E-state index contributed by atoms with van der Waals surface area (Å²) in [5.41, 5.74) is 2.96. The molecule has 1 N–H and O–H groups in total. The first-order chi connectivity index (χ1) is 12.7. The van der Waals surface area contributed by atoms with Gasteiger partial charge in [0, 0.05) is 17.3 Å². The Morgan fingerprint density at radius 2 is 1.85 bits per heavy atom. The molecule has 2 aromatic carbocycles. The highest BCUT2D eigenvalue weighted by Crippen LogP contribution is 2.29. The van der Waals surface area contributed by atoms with Crippen molar-refractivity contribution in [2.45, 2.75) is 6.92 Å². The second kappa shape index (κ2) is 8.11. The molecule has 0 atom stereocenters. The van der Waals surface area contributed by atoms with Crippen LogP contribution >= 0.6 is 0 Å². The lowest BCUT2D eigenvalue weighted by molar-refractivity contribution is 0.0526. The van der Waals surface area contributed by atoms with E-state index in [1.165, 1.54) is 6.33 Å². The minimum Gasteiger partial charge on any atom is -0.496 e. The molecule has 0 unspecified atom stereocenters. The minimum atomic E-state index is -0.334. The molecule has 3 rings (SSSR count). The van der Waals surface area contributed by atoms with Crippen molar-refractivity contribution in [3.8, 4) is 17.0 Å². The van der Waals surface area contributed by atoms with Gasteiger partial charge in [-0.2, -0.15) is 0 Å². The van der Waals surface area contributed by atoms with Crippen molar-refractivity contribution in [2.75, 3.05) is 19.0 Å². The Morgan fingerprint density at radius 1 is 1.08 bits per heavy atom. The zero-order valence-corrected chi connectivity index (χ0v) is 14.6. The van der Waals surface area contributed by atoms with Crippen LogP contribution in [0.4, 0.5) is 11.5 Å². The maximum absolute atomic E-state index is 11.7. The number of benzene rings is 2. The number of methoxy groups -OCH3 is 1. The van der Waals surface area contributed by atoms with E-state index in [-0.39, 0.29) is 5.97 Å². The fourth-order valence-corrected chi connectivity index (χ4v) is 2.48. The molecule has 0 aliphatic rings. The van der Waals surface area contributed by atoms with E-state index in [2.05, 4.69) is 15.3 Å². The number of anilines is 2. The van der Waals surface area contributed by atoms with Gasteiger partial charge in [0.2, 0.25) is 0 Å². The van der Waals surface area contributed by atoms with Gasteiger partial charge in [-0.15, -0.1) is 0 Å². The summed E-state index contributed by atoms with van der Waals surface area (Å²) in [5, 5.41) is 3.21. The molecule has 0 spiro atoms. The molecule has 3 aromatic rings. The Labute approximate surface area is 151 Å². The standard InChI is InChI=1S/C20H19N3O3/c1-3-26-20(24)14-8-10-15(11-9-14)23-19-12-17(21-13-22-19)16-6-4-5-7-18(16)25-2/h4-13H,3H2,1-2H3,(H,21,22,23). The van der Waals surface area contributed by atoms with Gasteiger partial charge < -0.3 is 14.8 Å². The van der Waals surface area contributed by atoms with E-state index in [0.29, 0.717) is 18.0 Å². The van der Waals surface area contributed by atoms with Crippen molar-refractivity contribution >= 4 is 17.5 Å². The molecular weight excluding hydrogens is 330 g/mol. The van der Waals surface area contributed by atoms with Crippen LogP contribution < -0.4 is 10.1 Å². The lowest BCUT2D eigenvalue weighted by Crippen LogP contribution is -2.04. The Kier molecular flexibility index (Phi) is 5.43. The number of aromatic nitrogens is 2. The van der Waals surface area contributed by atoms with Gasteiger partial charge in [0.05, 0.1) is 25.0 Å². The molecule has 0 bridgehead atoms. The van der Waals surface area contributed by atoms with Gasteiger partial charge in [-0.3, -0.25) is 0 Å². The molecule has 1 heterocycles. The molecule has 0 saturated carbocycles. The SMILES string of the molecule is CCOC(=O)c1ccc(Nc2cc(-c3ccccc3OC)ncn2)cc1. The highest BCUT2D eigenvalue weighted by atomic mass is 16.5. The van der Waals surface area contributed by atoms with Crippen LogP contribution in [0.15, 0.2) is 60.9 Å². The topological polar surface area (TPSA) is 73.3 Å². The van der Waals surface area contributed by atoms with E-state index < -0.39 is 0 Å². The van der Waals surface area contributed by atoms with E-state index in [1.807, 2.05) is 30.3 Å². The van der Waals surface area contributed by atoms with Crippen LogP contribution in [0, 0.1) is 0 Å². The molecular formula is C20H19N3O3. The van der Waals surface area contributed by atoms with Gasteiger partial charge in [-0.25, -0.2) is 14.8 Å². The highest BCUT2D eigenvalue weighted by molar-refractivity contribution is 5.89. The number of hydrogen-bond acceptors (Lipinski definition) is 6. The summed E-state index contributed by atoms with van der Waals surface area (Å²) in [7, 11) is 1.63. The van der Waals surface area contributed by atoms with E-state index in [9.17, 15) is 4.79 Å². The molecule has 26 heavy (non-hydrogen) atoms. The summed E-state index contributed by atoms with van der Waals surface area (Å²) < 4.78 is 10.4. The molecule has 6 nitrogen and oxygen atoms in total. The first-order valence-corrected chi connectivity index (χ1v) is 8.21. The van der Waals surface area contributed by atoms with Crippen LogP contribution in [0.25, 0.3) is 11.3 Å². The zero-order valence-electron chi connectivity index (χ0n) is 14.6. The lowest BCUT2D eigenvalue weighted by Gasteiger charge is -2.10. The molecule has 0 aliphatic heterocycles. The molecule has 132 valence electrons. The Balaban J connectivity index is 1.80. The quantitative estimate of drug-likeness (QED) is 0.676. The van der Waals surface area contributed by atoms with Crippen LogP contribution in [-0.2, 0) is 4.74 Å². The van der Waals surface area contributed by atoms with Gasteiger partial charge in [0.15, 0.2) is 0 Å². The number of para-hydroxylation sites is 1. The number of rotatable bonds is 6. The summed E-state index contributed by atoms with van der Waals surface area (Å²) in [6.45, 7) is 2.13. The molecule has 0 amide bonds. The summed E-state index contributed by atoms with van der Waals surface area (Å²) in [5.74, 6) is 1.06. The van der Waals surface area contributed by atoms with Crippen molar-refractivity contribution in [2.24, 2.45) is 0 Å². The third kappa shape index (κ3) is 3.97. The predicted molar refractivity (Wildman–Crippen MR) is 99.7 cm³/mol. The summed E-state index contributed by atoms with van der Waals surface area (Å²) in [4.78, 5) is 20.3. The molecule has 6 heteroatoms. The van der Waals surface area contributed by atoms with E-state index in [0.717, 1.165) is 22.7 Å². The Morgan fingerprint density at radius 3 is 2.58 bits per heavy atom. The Bertz CT molecular complexity index is 895. The molecule has 0 aliphatic carbocycles. The average molecular weight is 349 g/mol. The fraction of sp³-hybridized carbons (Fsp3) is 0.150. The molecule has 1 aromatic heterocycles. The highest BCUT2D eigenvalue weighted by Gasteiger charge is 2.09. The largest absolute Gasteiger partial charge is 0.496 e. The van der Waals surface area contributed by atoms with Gasteiger partial charge in [-0.05, 0) is 43.3 Å². The summed E-state index contributed by atoms with van der Waals surface area (Å²) in [6.07, 6.45) is 1.50. The minimum absolute atomic E-state index is 0.334. The van der Waals surface area contributed by atoms with Crippen molar-refractivity contribution in [1.29, 1.82) is 0 Å². The van der Waals surface area contributed by atoms with Gasteiger partial charge in [-0.1, -0.05) is 12.1 Å². The summed E-state index contributed by atoms with van der Waals surface area (Å²) >= 11 is 0. The number of esters is 1. The van der Waals surface area contributed by atoms with Crippen molar-refractivity contribution in [3.05, 3.63) is 66.5 Å². The van der Waals surface area contributed by atoms with Gasteiger partial charge >= 0.3 is 5.97 Å². The maximum Gasteiger partial charge on any atom is 0.338 e. The predicted octanol–water partition coefficient (Wildman–Crippen LogP) is 4.07. The van der Waals surface area contributed by atoms with Crippen LogP contribution in [0.1, 0.15) is 17.3 Å². The third-order valence-corrected chi connectivity index (χ3v) is 3.72. The summed E-state index contributed by atoms with van der Waals surface area (Å²) in [6, 6.07) is 16.5. The molecule has 0 saturated heterocycles. The van der Waals surface area contributed by atoms with E-state index in [4.69, 9.17) is 9.47 Å². The third-order valence-electron chi connectivity index (χ3n) is 3.72. The maximum atomic E-state index is 11.7. The van der Waals surface area contributed by atoms with Crippen LogP contribution in [0.5, 0.6) is 5.75 Å². The first-order valence-electron chi connectivity index (χ1n) is 8.21. The number of hydrogen-bond donors (Lipinski definition) is 1. The number of carbonyl (C=O) groups is 1. The van der Waals surface area contributed by atoms with Crippen molar-refractivity contribution in [1.82, 2.24) is 9.97 Å². The second-order valence-electron chi connectivity index (χ2n) is 5.41. The van der Waals surface area contributed by atoms with Gasteiger partial charge in [0.1, 0.15) is 17.9 Å². The van der Waals surface area contributed by atoms with Crippen molar-refractivity contribution in [3.63, 3.8) is 0 Å². The fourth-order valence-electron chi connectivity index (χ4n) is 2.48. The smallest absolute Gasteiger partial charge is 0.338 e. The Hall–Kier alpha value is -3.41. The number of nitrogens with zero attached hydrogens (tertiary/aromatic N) is 2.